The molecule has 2 N–H and O–H groups in total. The SMILES string of the molecule is CCOc1ccc(Br)cc1S(=O)(=O)NC1CCN(CC(=O)Nc2ccccc2)CC1. The number of benzene rings is 2. The third-order valence-corrected chi connectivity index (χ3v) is 6.86. The number of carbonyl (C=O) groups is 1. The van der Waals surface area contributed by atoms with Crippen molar-refractivity contribution in [1.82, 2.24) is 9.62 Å². The van der Waals surface area contributed by atoms with Crippen LogP contribution < -0.4 is 14.8 Å². The van der Waals surface area contributed by atoms with Crippen LogP contribution in [0.25, 0.3) is 0 Å². The van der Waals surface area contributed by atoms with E-state index in [-0.39, 0.29) is 23.4 Å². The first-order chi connectivity index (χ1) is 14.4. The highest BCUT2D eigenvalue weighted by Crippen LogP contribution is 2.28. The first-order valence-corrected chi connectivity index (χ1v) is 12.2. The molecule has 30 heavy (non-hydrogen) atoms. The van der Waals surface area contributed by atoms with Crippen LogP contribution in [0.15, 0.2) is 57.9 Å². The zero-order valence-corrected chi connectivity index (χ0v) is 19.2. The Bertz CT molecular complexity index is 961. The number of anilines is 1. The van der Waals surface area contributed by atoms with E-state index in [2.05, 4.69) is 26.0 Å². The Morgan fingerprint density at radius 2 is 1.87 bits per heavy atom. The molecule has 162 valence electrons. The predicted molar refractivity (Wildman–Crippen MR) is 120 cm³/mol. The molecule has 7 nitrogen and oxygen atoms in total. The third-order valence-electron chi connectivity index (χ3n) is 4.83. The number of amides is 1. The Kier molecular flexibility index (Phi) is 7.87. The average molecular weight is 496 g/mol. The van der Waals surface area contributed by atoms with Gasteiger partial charge in [-0.05, 0) is 50.1 Å². The lowest BCUT2D eigenvalue weighted by Crippen LogP contribution is -2.46. The number of ether oxygens (including phenoxy) is 1. The van der Waals surface area contributed by atoms with Gasteiger partial charge in [0.25, 0.3) is 0 Å². The zero-order valence-electron chi connectivity index (χ0n) is 16.8. The van der Waals surface area contributed by atoms with E-state index in [4.69, 9.17) is 4.74 Å². The Balaban J connectivity index is 1.54. The molecule has 0 bridgehead atoms. The second kappa shape index (κ2) is 10.4. The van der Waals surface area contributed by atoms with Crippen molar-refractivity contribution in [1.29, 1.82) is 0 Å². The summed E-state index contributed by atoms with van der Waals surface area (Å²) >= 11 is 3.33. The lowest BCUT2D eigenvalue weighted by atomic mass is 10.1. The number of likely N-dealkylation sites (tertiary alicyclic amines) is 1. The molecule has 0 spiro atoms. The summed E-state index contributed by atoms with van der Waals surface area (Å²) in [6.45, 7) is 3.77. The van der Waals surface area contributed by atoms with Gasteiger partial charge in [-0.25, -0.2) is 13.1 Å². The summed E-state index contributed by atoms with van der Waals surface area (Å²) < 4.78 is 34.8. The van der Waals surface area contributed by atoms with Crippen molar-refractivity contribution in [3.8, 4) is 5.75 Å². The largest absolute Gasteiger partial charge is 0.492 e. The minimum atomic E-state index is -3.72. The summed E-state index contributed by atoms with van der Waals surface area (Å²) in [7, 11) is -3.72. The maximum absolute atomic E-state index is 12.9. The summed E-state index contributed by atoms with van der Waals surface area (Å²) in [5.41, 5.74) is 0.768. The highest BCUT2D eigenvalue weighted by molar-refractivity contribution is 9.10. The molecule has 0 aromatic heterocycles. The highest BCUT2D eigenvalue weighted by atomic mass is 79.9. The van der Waals surface area contributed by atoms with Crippen molar-refractivity contribution in [2.24, 2.45) is 0 Å². The predicted octanol–water partition coefficient (Wildman–Crippen LogP) is 3.23. The second-order valence-corrected chi connectivity index (χ2v) is 9.71. The van der Waals surface area contributed by atoms with Crippen LogP contribution in [-0.4, -0.2) is 51.5 Å². The normalized spacial score (nSPS) is 15.7. The fraction of sp³-hybridized carbons (Fsp3) is 0.381. The maximum Gasteiger partial charge on any atom is 0.244 e. The van der Waals surface area contributed by atoms with E-state index in [1.165, 1.54) is 0 Å². The molecule has 1 aliphatic heterocycles. The molecule has 0 radical (unpaired) electrons. The number of rotatable bonds is 8. The van der Waals surface area contributed by atoms with Crippen LogP contribution in [0.4, 0.5) is 5.69 Å². The van der Waals surface area contributed by atoms with E-state index in [1.54, 1.807) is 18.2 Å². The third kappa shape index (κ3) is 6.28. The van der Waals surface area contributed by atoms with Gasteiger partial charge < -0.3 is 10.1 Å². The minimum Gasteiger partial charge on any atom is -0.492 e. The molecule has 0 saturated carbocycles. The van der Waals surface area contributed by atoms with Crippen LogP contribution >= 0.6 is 15.9 Å². The van der Waals surface area contributed by atoms with Gasteiger partial charge in [-0.1, -0.05) is 34.1 Å². The van der Waals surface area contributed by atoms with Crippen LogP contribution in [0, 0.1) is 0 Å². The molecule has 1 amide bonds. The van der Waals surface area contributed by atoms with E-state index in [9.17, 15) is 13.2 Å². The number of sulfonamides is 1. The standard InChI is InChI=1S/C21H26BrN3O4S/c1-2-29-19-9-8-16(22)14-20(19)30(27,28)24-18-10-12-25(13-11-18)15-21(26)23-17-6-4-3-5-7-17/h3-9,14,18,24H,2,10-13,15H2,1H3,(H,23,26). The molecular formula is C21H26BrN3O4S. The summed E-state index contributed by atoms with van der Waals surface area (Å²) in [6.07, 6.45) is 1.27. The summed E-state index contributed by atoms with van der Waals surface area (Å²) in [4.78, 5) is 14.4. The lowest BCUT2D eigenvalue weighted by Gasteiger charge is -2.31. The number of hydrogen-bond acceptors (Lipinski definition) is 5. The van der Waals surface area contributed by atoms with Gasteiger partial charge in [0.2, 0.25) is 15.9 Å². The number of nitrogens with zero attached hydrogens (tertiary/aromatic N) is 1. The second-order valence-electron chi connectivity index (χ2n) is 7.11. The topological polar surface area (TPSA) is 87.7 Å². The van der Waals surface area contributed by atoms with Crippen LogP contribution in [0.3, 0.4) is 0 Å². The van der Waals surface area contributed by atoms with Gasteiger partial charge in [0, 0.05) is 29.3 Å². The van der Waals surface area contributed by atoms with Gasteiger partial charge in [0.1, 0.15) is 10.6 Å². The highest BCUT2D eigenvalue weighted by Gasteiger charge is 2.27. The van der Waals surface area contributed by atoms with Crippen LogP contribution in [-0.2, 0) is 14.8 Å². The van der Waals surface area contributed by atoms with Crippen LogP contribution in [0.1, 0.15) is 19.8 Å². The van der Waals surface area contributed by atoms with Gasteiger partial charge in [0.05, 0.1) is 13.2 Å². The smallest absolute Gasteiger partial charge is 0.244 e. The van der Waals surface area contributed by atoms with E-state index in [0.717, 1.165) is 5.69 Å². The van der Waals surface area contributed by atoms with Gasteiger partial charge in [-0.3, -0.25) is 9.69 Å². The number of halogens is 1. The number of carbonyl (C=O) groups excluding carboxylic acids is 1. The maximum atomic E-state index is 12.9. The molecule has 1 aliphatic rings. The van der Waals surface area contributed by atoms with Crippen molar-refractivity contribution in [3.05, 3.63) is 53.0 Å². The van der Waals surface area contributed by atoms with Gasteiger partial charge in [0.15, 0.2) is 0 Å². The number of nitrogens with one attached hydrogen (secondary N) is 2. The van der Waals surface area contributed by atoms with E-state index >= 15 is 0 Å². The van der Waals surface area contributed by atoms with Crippen molar-refractivity contribution in [2.45, 2.75) is 30.7 Å². The molecule has 9 heteroatoms. The Morgan fingerprint density at radius 3 is 2.53 bits per heavy atom. The Hall–Kier alpha value is -1.94. The summed E-state index contributed by atoms with van der Waals surface area (Å²) in [5.74, 6) is 0.263. The number of hydrogen-bond donors (Lipinski definition) is 2. The summed E-state index contributed by atoms with van der Waals surface area (Å²) in [6, 6.07) is 14.1. The van der Waals surface area contributed by atoms with E-state index in [1.807, 2.05) is 42.2 Å². The molecule has 1 saturated heterocycles. The van der Waals surface area contributed by atoms with Crippen molar-refractivity contribution in [2.75, 3.05) is 31.6 Å². The first-order valence-electron chi connectivity index (χ1n) is 9.89. The number of para-hydroxylation sites is 1. The zero-order chi connectivity index (χ0) is 21.6. The fourth-order valence-electron chi connectivity index (χ4n) is 3.38. The first kappa shape index (κ1) is 22.7. The van der Waals surface area contributed by atoms with E-state index in [0.29, 0.717) is 42.8 Å². The molecule has 1 heterocycles. The summed E-state index contributed by atoms with van der Waals surface area (Å²) in [5, 5.41) is 2.87. The molecular weight excluding hydrogens is 470 g/mol. The van der Waals surface area contributed by atoms with Crippen LogP contribution in [0.2, 0.25) is 0 Å². The fourth-order valence-corrected chi connectivity index (χ4v) is 5.37. The van der Waals surface area contributed by atoms with Gasteiger partial charge in [-0.2, -0.15) is 0 Å². The Labute approximate surface area is 186 Å². The van der Waals surface area contributed by atoms with Crippen molar-refractivity contribution in [3.63, 3.8) is 0 Å². The molecule has 2 aromatic carbocycles. The monoisotopic (exact) mass is 495 g/mol. The van der Waals surface area contributed by atoms with Crippen molar-refractivity contribution < 1.29 is 17.9 Å². The number of piperidine rings is 1. The molecule has 1 fully saturated rings. The van der Waals surface area contributed by atoms with Gasteiger partial charge in [-0.15, -0.1) is 0 Å². The van der Waals surface area contributed by atoms with Crippen LogP contribution in [0.5, 0.6) is 5.75 Å². The van der Waals surface area contributed by atoms with Gasteiger partial charge >= 0.3 is 0 Å². The molecule has 3 rings (SSSR count). The Morgan fingerprint density at radius 1 is 1.17 bits per heavy atom. The molecule has 0 unspecified atom stereocenters. The average Bonchev–Trinajstić information content (AvgIpc) is 2.71. The molecule has 2 aromatic rings. The molecule has 0 atom stereocenters. The molecule has 0 aliphatic carbocycles. The lowest BCUT2D eigenvalue weighted by molar-refractivity contribution is -0.117. The van der Waals surface area contributed by atoms with Crippen molar-refractivity contribution >= 4 is 37.5 Å². The minimum absolute atomic E-state index is 0.0734. The van der Waals surface area contributed by atoms with E-state index < -0.39 is 10.0 Å². The quantitative estimate of drug-likeness (QED) is 0.586.